The summed E-state index contributed by atoms with van der Waals surface area (Å²) in [5.74, 6) is 3.02. The lowest BCUT2D eigenvalue weighted by atomic mass is 9.85. The second-order valence-electron chi connectivity index (χ2n) is 14.5. The lowest BCUT2D eigenvalue weighted by Gasteiger charge is -2.18. The maximum atomic E-state index is 4.88. The average molecular weight is 797 g/mol. The first-order valence-electron chi connectivity index (χ1n) is 20.1. The molecule has 0 amide bonds. The van der Waals surface area contributed by atoms with Crippen LogP contribution in [0.3, 0.4) is 0 Å². The van der Waals surface area contributed by atoms with E-state index in [1.807, 2.05) is 72.8 Å². The molecule has 11 rings (SSSR count). The molecule has 0 aliphatic heterocycles. The maximum Gasteiger partial charge on any atom is 0.182 e. The van der Waals surface area contributed by atoms with E-state index in [9.17, 15) is 0 Å². The van der Waals surface area contributed by atoms with Gasteiger partial charge in [0.2, 0.25) is 0 Å². The smallest absolute Gasteiger partial charge is 0.182 e. The molecule has 0 atom stereocenters. The summed E-state index contributed by atoms with van der Waals surface area (Å²) < 4.78 is 0. The fourth-order valence-electron chi connectivity index (χ4n) is 7.77. The van der Waals surface area contributed by atoms with E-state index in [0.717, 1.165) is 54.9 Å². The Bertz CT molecular complexity index is 2970. The first-order valence-corrected chi connectivity index (χ1v) is 20.1. The Kier molecular flexibility index (Phi) is 9.24. The molecule has 6 aromatic heterocycles. The van der Waals surface area contributed by atoms with Gasteiger partial charge in [-0.3, -0.25) is 19.9 Å². The normalized spacial score (nSPS) is 11.2. The zero-order chi connectivity index (χ0) is 41.2. The van der Waals surface area contributed by atoms with Crippen LogP contribution in [0.5, 0.6) is 0 Å². The number of fused-ring (bicyclic) bond motifs is 2. The summed E-state index contributed by atoms with van der Waals surface area (Å²) in [6.07, 6.45) is 6.94. The van der Waals surface area contributed by atoms with Crippen molar-refractivity contribution in [2.45, 2.75) is 0 Å². The van der Waals surface area contributed by atoms with Gasteiger partial charge in [0.05, 0.1) is 0 Å². The predicted octanol–water partition coefficient (Wildman–Crippen LogP) is 11.3. The van der Waals surface area contributed by atoms with Crippen molar-refractivity contribution in [3.8, 4) is 91.1 Å². The SMILES string of the molecule is c1ccc(-c2nc(-c3ccc(-c4c5ccccc5c(-c5ccc(-c6nc(-c7ccccn7)nc(-c7ccccn7)n6)cc5)c5ccccc45)cc3)nc(-c3ccccn3)n2)nc1. The van der Waals surface area contributed by atoms with Gasteiger partial charge in [-0.25, -0.2) is 29.9 Å². The number of benzene rings is 5. The van der Waals surface area contributed by atoms with E-state index in [0.29, 0.717) is 57.7 Å². The highest BCUT2D eigenvalue weighted by Crippen LogP contribution is 2.44. The molecule has 0 fully saturated rings. The number of hydrogen-bond donors (Lipinski definition) is 0. The lowest BCUT2D eigenvalue weighted by Crippen LogP contribution is -2.01. The molecular formula is C52H32N10. The molecule has 6 heterocycles. The second-order valence-corrected chi connectivity index (χ2v) is 14.5. The molecule has 11 aromatic rings. The third-order valence-corrected chi connectivity index (χ3v) is 10.6. The Balaban J connectivity index is 0.999. The minimum absolute atomic E-state index is 0.484. The molecule has 0 saturated carbocycles. The van der Waals surface area contributed by atoms with E-state index in [2.05, 4.69) is 117 Å². The van der Waals surface area contributed by atoms with Crippen LogP contribution >= 0.6 is 0 Å². The van der Waals surface area contributed by atoms with Gasteiger partial charge in [-0.15, -0.1) is 0 Å². The monoisotopic (exact) mass is 796 g/mol. The Morgan fingerprint density at radius 3 is 0.710 bits per heavy atom. The lowest BCUT2D eigenvalue weighted by molar-refractivity contribution is 1.05. The van der Waals surface area contributed by atoms with Crippen molar-refractivity contribution < 1.29 is 0 Å². The quantitative estimate of drug-likeness (QED) is 0.137. The summed E-state index contributed by atoms with van der Waals surface area (Å²) in [5.41, 5.74) is 8.80. The molecule has 0 aliphatic rings. The first-order chi connectivity index (χ1) is 30.7. The maximum absolute atomic E-state index is 4.88. The van der Waals surface area contributed by atoms with Crippen LogP contribution in [0.2, 0.25) is 0 Å². The molecule has 0 spiro atoms. The fourth-order valence-corrected chi connectivity index (χ4v) is 7.77. The largest absolute Gasteiger partial charge is 0.253 e. The summed E-state index contributed by atoms with van der Waals surface area (Å²) in [6.45, 7) is 0. The minimum atomic E-state index is 0.484. The van der Waals surface area contributed by atoms with Crippen LogP contribution in [0, 0.1) is 0 Å². The van der Waals surface area contributed by atoms with Gasteiger partial charge in [0.15, 0.2) is 34.9 Å². The van der Waals surface area contributed by atoms with Crippen molar-refractivity contribution in [2.75, 3.05) is 0 Å². The van der Waals surface area contributed by atoms with E-state index in [-0.39, 0.29) is 0 Å². The van der Waals surface area contributed by atoms with Crippen LogP contribution in [-0.4, -0.2) is 49.8 Å². The molecule has 0 aliphatic carbocycles. The summed E-state index contributed by atoms with van der Waals surface area (Å²) in [6, 6.07) is 56.9. The van der Waals surface area contributed by atoms with Crippen molar-refractivity contribution in [2.24, 2.45) is 0 Å². The molecule has 0 unspecified atom stereocenters. The number of aromatic nitrogens is 10. The highest BCUT2D eigenvalue weighted by molar-refractivity contribution is 6.21. The topological polar surface area (TPSA) is 129 Å². The number of rotatable bonds is 8. The Hall–Kier alpha value is -8.76. The number of pyridine rings is 4. The highest BCUT2D eigenvalue weighted by Gasteiger charge is 2.19. The van der Waals surface area contributed by atoms with Gasteiger partial charge >= 0.3 is 0 Å². The number of hydrogen-bond acceptors (Lipinski definition) is 10. The fraction of sp³-hybridized carbons (Fsp3) is 0. The molecule has 5 aromatic carbocycles. The van der Waals surface area contributed by atoms with Gasteiger partial charge in [-0.2, -0.15) is 0 Å². The molecule has 0 N–H and O–H groups in total. The van der Waals surface area contributed by atoms with Crippen molar-refractivity contribution in [1.82, 2.24) is 49.8 Å². The van der Waals surface area contributed by atoms with Gasteiger partial charge in [-0.05, 0) is 92.3 Å². The van der Waals surface area contributed by atoms with Crippen molar-refractivity contribution in [3.05, 3.63) is 195 Å². The van der Waals surface area contributed by atoms with Crippen LogP contribution < -0.4 is 0 Å². The average Bonchev–Trinajstić information content (AvgIpc) is 3.36. The van der Waals surface area contributed by atoms with Gasteiger partial charge in [0.25, 0.3) is 0 Å². The third kappa shape index (κ3) is 6.87. The summed E-state index contributed by atoms with van der Waals surface area (Å²) >= 11 is 0. The van der Waals surface area contributed by atoms with Crippen LogP contribution in [0.1, 0.15) is 0 Å². The molecule has 10 nitrogen and oxygen atoms in total. The van der Waals surface area contributed by atoms with Gasteiger partial charge in [0, 0.05) is 35.9 Å². The van der Waals surface area contributed by atoms with Crippen LogP contribution in [0.4, 0.5) is 0 Å². The van der Waals surface area contributed by atoms with Crippen molar-refractivity contribution >= 4 is 21.5 Å². The number of nitrogens with zero attached hydrogens (tertiary/aromatic N) is 10. The molecule has 0 bridgehead atoms. The Morgan fingerprint density at radius 1 is 0.210 bits per heavy atom. The van der Waals surface area contributed by atoms with Gasteiger partial charge in [0.1, 0.15) is 22.8 Å². The molecule has 62 heavy (non-hydrogen) atoms. The van der Waals surface area contributed by atoms with E-state index in [1.54, 1.807) is 24.8 Å². The highest BCUT2D eigenvalue weighted by atomic mass is 15.1. The van der Waals surface area contributed by atoms with Crippen molar-refractivity contribution in [3.63, 3.8) is 0 Å². The zero-order valence-electron chi connectivity index (χ0n) is 32.9. The first kappa shape index (κ1) is 36.3. The summed E-state index contributed by atoms with van der Waals surface area (Å²) in [7, 11) is 0. The van der Waals surface area contributed by atoms with Gasteiger partial charge in [-0.1, -0.05) is 121 Å². The molecule has 0 radical (unpaired) electrons. The van der Waals surface area contributed by atoms with Gasteiger partial charge < -0.3 is 0 Å². The van der Waals surface area contributed by atoms with Crippen LogP contribution in [-0.2, 0) is 0 Å². The summed E-state index contributed by atoms with van der Waals surface area (Å²) in [4.78, 5) is 47.1. The molecule has 290 valence electrons. The van der Waals surface area contributed by atoms with E-state index in [4.69, 9.17) is 29.9 Å². The predicted molar refractivity (Wildman–Crippen MR) is 243 cm³/mol. The van der Waals surface area contributed by atoms with E-state index < -0.39 is 0 Å². The minimum Gasteiger partial charge on any atom is -0.253 e. The molecule has 10 heteroatoms. The Labute approximate surface area is 355 Å². The molecular weight excluding hydrogens is 765 g/mol. The van der Waals surface area contributed by atoms with Crippen LogP contribution in [0.25, 0.3) is 113 Å². The standard InChI is InChI=1S/C52H32N10/c1-2-14-38-37(13-1)45(33-21-25-35(26-22-33)47-57-49(41-17-5-9-29-53-41)61-50(58-47)42-18-6-10-30-54-42)39-15-3-4-16-40(39)46(38)34-23-27-36(28-24-34)48-59-51(43-19-7-11-31-55-43)62-52(60-48)44-20-8-12-32-56-44/h1-32H. The van der Waals surface area contributed by atoms with Crippen molar-refractivity contribution in [1.29, 1.82) is 0 Å². The molecule has 0 saturated heterocycles. The van der Waals surface area contributed by atoms with E-state index in [1.165, 1.54) is 0 Å². The van der Waals surface area contributed by atoms with Crippen LogP contribution in [0.15, 0.2) is 195 Å². The summed E-state index contributed by atoms with van der Waals surface area (Å²) in [5, 5.41) is 4.58. The van der Waals surface area contributed by atoms with E-state index >= 15 is 0 Å². The third-order valence-electron chi connectivity index (χ3n) is 10.6. The second kappa shape index (κ2) is 15.8. The Morgan fingerprint density at radius 2 is 0.452 bits per heavy atom. The zero-order valence-corrected chi connectivity index (χ0v) is 32.9.